The molecule has 90 valence electrons. The van der Waals surface area contributed by atoms with Crippen LogP contribution >= 0.6 is 0 Å². The molecule has 0 saturated carbocycles. The number of hydrogen-bond donors (Lipinski definition) is 1. The summed E-state index contributed by atoms with van der Waals surface area (Å²) in [5, 5.41) is 4.33. The molecule has 0 radical (unpaired) electrons. The molecule has 0 bridgehead atoms. The molecule has 0 unspecified atom stereocenters. The fourth-order valence-electron chi connectivity index (χ4n) is 2.26. The van der Waals surface area contributed by atoms with E-state index in [4.69, 9.17) is 4.74 Å². The van der Waals surface area contributed by atoms with Gasteiger partial charge in [-0.15, -0.1) is 0 Å². The van der Waals surface area contributed by atoms with Crippen LogP contribution in [0.1, 0.15) is 30.4 Å². The highest BCUT2D eigenvalue weighted by Gasteiger charge is 2.21. The van der Waals surface area contributed by atoms with E-state index in [-0.39, 0.29) is 5.56 Å². The van der Waals surface area contributed by atoms with Crippen LogP contribution in [-0.4, -0.2) is 32.8 Å². The maximum absolute atomic E-state index is 11.7. The third kappa shape index (κ3) is 1.74. The third-order valence-corrected chi connectivity index (χ3v) is 3.13. The number of nitrogens with one attached hydrogen (secondary N) is 1. The molecule has 1 aliphatic heterocycles. The predicted octanol–water partition coefficient (Wildman–Crippen LogP) is 0.620. The molecule has 3 rings (SSSR count). The summed E-state index contributed by atoms with van der Waals surface area (Å²) in [6, 6.07) is 0. The van der Waals surface area contributed by atoms with E-state index in [9.17, 15) is 4.79 Å². The van der Waals surface area contributed by atoms with E-state index in [0.29, 0.717) is 17.3 Å². The number of ether oxygens (including phenoxy) is 1. The molecule has 2 aromatic rings. The molecule has 0 aliphatic carbocycles. The molecule has 2 aromatic heterocycles. The van der Waals surface area contributed by atoms with Crippen molar-refractivity contribution in [1.29, 1.82) is 0 Å². The van der Waals surface area contributed by atoms with Crippen LogP contribution in [0.2, 0.25) is 0 Å². The lowest BCUT2D eigenvalue weighted by molar-refractivity contribution is 0.0832. The summed E-state index contributed by atoms with van der Waals surface area (Å²) >= 11 is 0. The normalized spacial score (nSPS) is 17.7. The van der Waals surface area contributed by atoms with E-state index in [1.54, 1.807) is 17.6 Å². The van der Waals surface area contributed by atoms with Gasteiger partial charge in [0, 0.05) is 19.1 Å². The molecule has 6 nitrogen and oxygen atoms in total. The van der Waals surface area contributed by atoms with Crippen molar-refractivity contribution in [2.45, 2.75) is 25.7 Å². The summed E-state index contributed by atoms with van der Waals surface area (Å²) in [6.07, 6.45) is 3.47. The van der Waals surface area contributed by atoms with Crippen LogP contribution in [0.3, 0.4) is 0 Å². The van der Waals surface area contributed by atoms with Crippen LogP contribution < -0.4 is 5.56 Å². The Balaban J connectivity index is 2.13. The van der Waals surface area contributed by atoms with Crippen molar-refractivity contribution in [2.75, 3.05) is 13.2 Å². The summed E-state index contributed by atoms with van der Waals surface area (Å²) < 4.78 is 7.00. The Morgan fingerprint density at radius 2 is 2.24 bits per heavy atom. The van der Waals surface area contributed by atoms with Gasteiger partial charge < -0.3 is 9.72 Å². The molecule has 3 heterocycles. The van der Waals surface area contributed by atoms with Crippen molar-refractivity contribution in [3.05, 3.63) is 28.2 Å². The van der Waals surface area contributed by atoms with Gasteiger partial charge in [0.1, 0.15) is 11.6 Å². The van der Waals surface area contributed by atoms with Gasteiger partial charge >= 0.3 is 0 Å². The van der Waals surface area contributed by atoms with Crippen molar-refractivity contribution < 1.29 is 4.74 Å². The van der Waals surface area contributed by atoms with Crippen molar-refractivity contribution in [3.8, 4) is 0 Å². The first-order chi connectivity index (χ1) is 8.25. The highest BCUT2D eigenvalue weighted by Crippen LogP contribution is 2.25. The van der Waals surface area contributed by atoms with Gasteiger partial charge in [-0.2, -0.15) is 5.10 Å². The van der Waals surface area contributed by atoms with E-state index in [1.165, 1.54) is 0 Å². The molecular weight excluding hydrogens is 220 g/mol. The first-order valence-corrected chi connectivity index (χ1v) is 5.78. The number of imidazole rings is 1. The Hall–Kier alpha value is -1.69. The second kappa shape index (κ2) is 3.96. The van der Waals surface area contributed by atoms with Gasteiger partial charge in [0.05, 0.1) is 6.20 Å². The Morgan fingerprint density at radius 1 is 1.47 bits per heavy atom. The maximum Gasteiger partial charge on any atom is 0.276 e. The monoisotopic (exact) mass is 234 g/mol. The highest BCUT2D eigenvalue weighted by atomic mass is 16.5. The Bertz CT molecular complexity index is 595. The fraction of sp³-hybridized carbons (Fsp3) is 0.545. The van der Waals surface area contributed by atoms with Crippen molar-refractivity contribution in [1.82, 2.24) is 19.6 Å². The molecule has 1 fully saturated rings. The zero-order valence-electron chi connectivity index (χ0n) is 9.64. The highest BCUT2D eigenvalue weighted by molar-refractivity contribution is 5.42. The minimum Gasteiger partial charge on any atom is -0.381 e. The number of H-pyrrole nitrogens is 1. The average Bonchev–Trinajstić information content (AvgIpc) is 2.74. The number of fused-ring (bicyclic) bond motifs is 1. The van der Waals surface area contributed by atoms with Crippen molar-refractivity contribution in [3.63, 3.8) is 0 Å². The van der Waals surface area contributed by atoms with E-state index < -0.39 is 0 Å². The molecule has 0 atom stereocenters. The zero-order chi connectivity index (χ0) is 11.8. The first kappa shape index (κ1) is 10.5. The number of rotatable bonds is 1. The first-order valence-electron chi connectivity index (χ1n) is 5.78. The van der Waals surface area contributed by atoms with Crippen LogP contribution in [0.25, 0.3) is 5.52 Å². The van der Waals surface area contributed by atoms with Gasteiger partial charge in [0.25, 0.3) is 5.56 Å². The topological polar surface area (TPSA) is 72.3 Å². The summed E-state index contributed by atoms with van der Waals surface area (Å²) in [6.45, 7) is 3.28. The quantitative estimate of drug-likeness (QED) is 0.785. The zero-order valence-corrected chi connectivity index (χ0v) is 9.64. The largest absolute Gasteiger partial charge is 0.381 e. The van der Waals surface area contributed by atoms with Crippen molar-refractivity contribution >= 4 is 5.52 Å². The molecule has 1 saturated heterocycles. The Kier molecular flexibility index (Phi) is 2.44. The fourth-order valence-corrected chi connectivity index (χ4v) is 2.26. The summed E-state index contributed by atoms with van der Waals surface area (Å²) in [4.78, 5) is 18.7. The SMILES string of the molecule is Cc1nn2c(C3CCOCC3)ncc2c(=O)[nH]1. The van der Waals surface area contributed by atoms with Gasteiger partial charge in [0.15, 0.2) is 5.52 Å². The van der Waals surface area contributed by atoms with Gasteiger partial charge in [0.2, 0.25) is 0 Å². The Morgan fingerprint density at radius 3 is 3.00 bits per heavy atom. The number of aryl methyl sites for hydroxylation is 1. The molecule has 1 aliphatic rings. The summed E-state index contributed by atoms with van der Waals surface area (Å²) in [5.74, 6) is 1.81. The minimum atomic E-state index is -0.136. The van der Waals surface area contributed by atoms with E-state index in [2.05, 4.69) is 15.1 Å². The lowest BCUT2D eigenvalue weighted by Crippen LogP contribution is -2.19. The number of nitrogens with zero attached hydrogens (tertiary/aromatic N) is 3. The second-order valence-electron chi connectivity index (χ2n) is 4.34. The van der Waals surface area contributed by atoms with Gasteiger partial charge in [-0.1, -0.05) is 0 Å². The van der Waals surface area contributed by atoms with Crippen LogP contribution in [0.5, 0.6) is 0 Å². The van der Waals surface area contributed by atoms with Gasteiger partial charge in [-0.25, -0.2) is 9.50 Å². The summed E-state index contributed by atoms with van der Waals surface area (Å²) in [7, 11) is 0. The number of aromatic nitrogens is 4. The van der Waals surface area contributed by atoms with E-state index in [0.717, 1.165) is 31.9 Å². The van der Waals surface area contributed by atoms with E-state index in [1.807, 2.05) is 0 Å². The third-order valence-electron chi connectivity index (χ3n) is 3.13. The standard InChI is InChI=1S/C11H14N4O2/c1-7-13-11(16)9-6-12-10(15(9)14-7)8-2-4-17-5-3-8/h6,8H,2-5H2,1H3,(H,13,14,16). The molecule has 1 N–H and O–H groups in total. The summed E-state index contributed by atoms with van der Waals surface area (Å²) in [5.41, 5.74) is 0.375. The van der Waals surface area contributed by atoms with Crippen LogP contribution in [-0.2, 0) is 4.74 Å². The minimum absolute atomic E-state index is 0.136. The van der Waals surface area contributed by atoms with Gasteiger partial charge in [-0.3, -0.25) is 4.79 Å². The van der Waals surface area contributed by atoms with Crippen molar-refractivity contribution in [2.24, 2.45) is 0 Å². The van der Waals surface area contributed by atoms with Crippen LogP contribution in [0, 0.1) is 6.92 Å². The number of aromatic amines is 1. The molecule has 0 aromatic carbocycles. The lowest BCUT2D eigenvalue weighted by Gasteiger charge is -2.20. The van der Waals surface area contributed by atoms with E-state index >= 15 is 0 Å². The smallest absolute Gasteiger partial charge is 0.276 e. The van der Waals surface area contributed by atoms with Gasteiger partial charge in [-0.05, 0) is 19.8 Å². The molecule has 0 amide bonds. The predicted molar refractivity (Wildman–Crippen MR) is 61.1 cm³/mol. The number of hydrogen-bond acceptors (Lipinski definition) is 4. The molecular formula is C11H14N4O2. The van der Waals surface area contributed by atoms with Crippen LogP contribution in [0.4, 0.5) is 0 Å². The lowest BCUT2D eigenvalue weighted by atomic mass is 10.00. The molecule has 0 spiro atoms. The maximum atomic E-state index is 11.7. The molecule has 6 heteroatoms. The van der Waals surface area contributed by atoms with Crippen LogP contribution in [0.15, 0.2) is 11.0 Å². The molecule has 17 heavy (non-hydrogen) atoms. The second-order valence-corrected chi connectivity index (χ2v) is 4.34. The average molecular weight is 234 g/mol. The Labute approximate surface area is 97.6 Å².